The number of aliphatic imine (C=N–C) groups is 1. The summed E-state index contributed by atoms with van der Waals surface area (Å²) in [7, 11) is 0. The summed E-state index contributed by atoms with van der Waals surface area (Å²) in [6.07, 6.45) is 34.8. The van der Waals surface area contributed by atoms with Crippen molar-refractivity contribution in [3.8, 4) is 0 Å². The van der Waals surface area contributed by atoms with E-state index in [2.05, 4.69) is 135 Å². The SMILES string of the molecule is C/C=C\C=C/C1=C(c2ccc(C3=CC=NCC3C)cc2)C(C)/C=C\C=C/C/C(C2=c3ccccc3=C(C3CCCCC3)CC2)=C\1. The van der Waals surface area contributed by atoms with Crippen molar-refractivity contribution in [3.63, 3.8) is 0 Å². The lowest BCUT2D eigenvalue weighted by atomic mass is 9.77. The van der Waals surface area contributed by atoms with Crippen molar-refractivity contribution in [2.45, 2.75) is 72.1 Å². The molecule has 0 radical (unpaired) electrons. The van der Waals surface area contributed by atoms with Gasteiger partial charge in [0.2, 0.25) is 0 Å². The van der Waals surface area contributed by atoms with Crippen LogP contribution in [0.2, 0.25) is 0 Å². The van der Waals surface area contributed by atoms with Crippen LogP contribution >= 0.6 is 0 Å². The van der Waals surface area contributed by atoms with E-state index >= 15 is 0 Å². The molecule has 1 heteroatoms. The fourth-order valence-corrected chi connectivity index (χ4v) is 7.84. The summed E-state index contributed by atoms with van der Waals surface area (Å²) in [4.78, 5) is 4.46. The van der Waals surface area contributed by atoms with E-state index in [1.807, 2.05) is 6.21 Å². The molecule has 0 bridgehead atoms. The van der Waals surface area contributed by atoms with Gasteiger partial charge in [0.15, 0.2) is 0 Å². The molecule has 1 heterocycles. The summed E-state index contributed by atoms with van der Waals surface area (Å²) in [5, 5.41) is 2.98. The Balaban J connectivity index is 1.52. The van der Waals surface area contributed by atoms with Gasteiger partial charge in [-0.05, 0) is 100 Å². The molecule has 0 spiro atoms. The van der Waals surface area contributed by atoms with Crippen molar-refractivity contribution in [3.05, 3.63) is 142 Å². The second kappa shape index (κ2) is 14.9. The summed E-state index contributed by atoms with van der Waals surface area (Å²) in [5.41, 5.74) is 11.3. The van der Waals surface area contributed by atoms with E-state index in [9.17, 15) is 0 Å². The quantitative estimate of drug-likeness (QED) is 0.296. The van der Waals surface area contributed by atoms with E-state index in [0.29, 0.717) is 5.92 Å². The molecule has 6 rings (SSSR count). The summed E-state index contributed by atoms with van der Waals surface area (Å²) in [6.45, 7) is 7.56. The van der Waals surface area contributed by atoms with Crippen molar-refractivity contribution in [2.75, 3.05) is 6.54 Å². The molecular weight excluding hydrogens is 542 g/mol. The molecule has 0 aromatic heterocycles. The van der Waals surface area contributed by atoms with Gasteiger partial charge in [-0.2, -0.15) is 0 Å². The Morgan fingerprint density at radius 2 is 1.60 bits per heavy atom. The van der Waals surface area contributed by atoms with Crippen LogP contribution in [0.5, 0.6) is 0 Å². The molecular formula is C44H49N. The van der Waals surface area contributed by atoms with Crippen molar-refractivity contribution in [1.82, 2.24) is 0 Å². The first-order chi connectivity index (χ1) is 22.1. The van der Waals surface area contributed by atoms with Crippen LogP contribution in [0.3, 0.4) is 0 Å². The Bertz CT molecular complexity index is 1740. The first-order valence-corrected chi connectivity index (χ1v) is 17.3. The van der Waals surface area contributed by atoms with Crippen molar-refractivity contribution in [1.29, 1.82) is 0 Å². The van der Waals surface area contributed by atoms with E-state index in [4.69, 9.17) is 0 Å². The molecule has 2 aromatic carbocycles. The van der Waals surface area contributed by atoms with Crippen LogP contribution in [0, 0.1) is 17.8 Å². The highest BCUT2D eigenvalue weighted by Gasteiger charge is 2.23. The molecule has 4 aliphatic rings. The zero-order chi connectivity index (χ0) is 31.0. The van der Waals surface area contributed by atoms with Crippen LogP contribution in [-0.4, -0.2) is 12.8 Å². The molecule has 1 fully saturated rings. The number of fused-ring (bicyclic) bond motifs is 1. The average Bonchev–Trinajstić information content (AvgIpc) is 3.08. The Kier molecular flexibility index (Phi) is 10.3. The fourth-order valence-electron chi connectivity index (χ4n) is 7.84. The second-order valence-corrected chi connectivity index (χ2v) is 13.2. The van der Waals surface area contributed by atoms with Crippen LogP contribution in [0.15, 0.2) is 125 Å². The molecule has 0 N–H and O–H groups in total. The predicted octanol–water partition coefficient (Wildman–Crippen LogP) is 10.1. The maximum absolute atomic E-state index is 4.46. The zero-order valence-electron chi connectivity index (χ0n) is 27.5. The number of allylic oxidation sites excluding steroid dienone is 13. The molecule has 1 aliphatic heterocycles. The topological polar surface area (TPSA) is 12.4 Å². The molecule has 0 saturated heterocycles. The van der Waals surface area contributed by atoms with Crippen LogP contribution in [0.4, 0.5) is 0 Å². The van der Waals surface area contributed by atoms with Gasteiger partial charge < -0.3 is 0 Å². The largest absolute Gasteiger partial charge is 0.293 e. The van der Waals surface area contributed by atoms with Gasteiger partial charge in [-0.25, -0.2) is 0 Å². The Morgan fingerprint density at radius 1 is 0.822 bits per heavy atom. The number of dihydropyridines is 1. The minimum absolute atomic E-state index is 0.260. The number of nitrogens with zero attached hydrogens (tertiary/aromatic N) is 1. The van der Waals surface area contributed by atoms with Gasteiger partial charge in [0, 0.05) is 24.6 Å². The number of hydrogen-bond donors (Lipinski definition) is 0. The van der Waals surface area contributed by atoms with Crippen LogP contribution in [0.1, 0.15) is 83.3 Å². The van der Waals surface area contributed by atoms with Crippen molar-refractivity contribution >= 4 is 28.5 Å². The highest BCUT2D eigenvalue weighted by Crippen LogP contribution is 2.37. The normalized spacial score (nSPS) is 25.7. The van der Waals surface area contributed by atoms with E-state index in [1.54, 1.807) is 5.57 Å². The predicted molar refractivity (Wildman–Crippen MR) is 196 cm³/mol. The fraction of sp³-hybridized carbons (Fsp3) is 0.341. The van der Waals surface area contributed by atoms with E-state index in [-0.39, 0.29) is 5.92 Å². The number of rotatable bonds is 6. The Morgan fingerprint density at radius 3 is 2.38 bits per heavy atom. The van der Waals surface area contributed by atoms with Crippen LogP contribution < -0.4 is 10.4 Å². The molecule has 2 atom stereocenters. The zero-order valence-corrected chi connectivity index (χ0v) is 27.5. The minimum Gasteiger partial charge on any atom is -0.293 e. The molecule has 3 aliphatic carbocycles. The number of benzene rings is 2. The standard InChI is InChI=1S/C44H49N/c1-4-5-8-19-38-30-37(41-27-26-40(34-16-10-7-11-17-34)42-20-13-14-21-43(41)42)18-12-6-9-15-32(2)44(38)36-24-22-35(23-25-36)39-28-29-45-31-33(39)3/h4-6,8-9,12-15,19-25,28-30,32-34H,7,10-11,16-18,26-27,31H2,1-3H3/b5-4-,12-6-,15-9-,19-8-,37-30+,44-38?. The van der Waals surface area contributed by atoms with Gasteiger partial charge in [-0.15, -0.1) is 0 Å². The summed E-state index contributed by atoms with van der Waals surface area (Å²) in [6, 6.07) is 18.6. The van der Waals surface area contributed by atoms with E-state index in [0.717, 1.165) is 25.3 Å². The monoisotopic (exact) mass is 591 g/mol. The van der Waals surface area contributed by atoms with Crippen molar-refractivity contribution < 1.29 is 0 Å². The smallest absolute Gasteiger partial charge is 0.0455 e. The molecule has 1 saturated carbocycles. The van der Waals surface area contributed by atoms with Crippen LogP contribution in [-0.2, 0) is 0 Å². The number of hydrogen-bond acceptors (Lipinski definition) is 1. The van der Waals surface area contributed by atoms with Gasteiger partial charge in [0.25, 0.3) is 0 Å². The molecule has 2 aromatic rings. The van der Waals surface area contributed by atoms with Gasteiger partial charge in [-0.1, -0.05) is 142 Å². The van der Waals surface area contributed by atoms with Gasteiger partial charge in [0.05, 0.1) is 0 Å². The maximum atomic E-state index is 4.46. The summed E-state index contributed by atoms with van der Waals surface area (Å²) >= 11 is 0. The lowest BCUT2D eigenvalue weighted by Crippen LogP contribution is -2.35. The maximum Gasteiger partial charge on any atom is 0.0455 e. The molecule has 230 valence electrons. The van der Waals surface area contributed by atoms with Gasteiger partial charge in [-0.3, -0.25) is 4.99 Å². The average molecular weight is 592 g/mol. The van der Waals surface area contributed by atoms with Crippen molar-refractivity contribution in [2.24, 2.45) is 22.7 Å². The van der Waals surface area contributed by atoms with E-state index < -0.39 is 0 Å². The second-order valence-electron chi connectivity index (χ2n) is 13.2. The van der Waals surface area contributed by atoms with Gasteiger partial charge >= 0.3 is 0 Å². The minimum atomic E-state index is 0.260. The first kappa shape index (κ1) is 31.0. The summed E-state index contributed by atoms with van der Waals surface area (Å²) in [5.74, 6) is 1.47. The summed E-state index contributed by atoms with van der Waals surface area (Å²) < 4.78 is 0. The third kappa shape index (κ3) is 7.14. The molecule has 1 nitrogen and oxygen atoms in total. The third-order valence-electron chi connectivity index (χ3n) is 10.2. The Labute approximate surface area is 271 Å². The van der Waals surface area contributed by atoms with E-state index in [1.165, 1.54) is 88.0 Å². The highest BCUT2D eigenvalue weighted by molar-refractivity contribution is 5.87. The molecule has 45 heavy (non-hydrogen) atoms. The highest BCUT2D eigenvalue weighted by atomic mass is 14.7. The molecule has 2 unspecified atom stereocenters. The Hall–Kier alpha value is -3.97. The third-order valence-corrected chi connectivity index (χ3v) is 10.2. The lowest BCUT2D eigenvalue weighted by Gasteiger charge is -2.28. The molecule has 0 amide bonds. The van der Waals surface area contributed by atoms with Crippen LogP contribution in [0.25, 0.3) is 22.3 Å². The first-order valence-electron chi connectivity index (χ1n) is 17.3. The lowest BCUT2D eigenvalue weighted by molar-refractivity contribution is 0.421. The van der Waals surface area contributed by atoms with Gasteiger partial charge in [0.1, 0.15) is 0 Å².